The molecule has 0 amide bonds. The summed E-state index contributed by atoms with van der Waals surface area (Å²) >= 11 is 8.50. The molecule has 0 aliphatic heterocycles. The Kier molecular flexibility index (Phi) is 7.53. The van der Waals surface area contributed by atoms with E-state index in [-0.39, 0.29) is 32.3 Å². The molecular formula is C24H17ClF3IN2O3S. The summed E-state index contributed by atoms with van der Waals surface area (Å²) in [6, 6.07) is 14.5. The number of benzene rings is 3. The highest BCUT2D eigenvalue weighted by atomic mass is 127. The van der Waals surface area contributed by atoms with Gasteiger partial charge in [-0.3, -0.25) is 0 Å². The molecule has 0 N–H and O–H groups in total. The van der Waals surface area contributed by atoms with Crippen LogP contribution >= 0.6 is 34.2 Å². The van der Waals surface area contributed by atoms with Gasteiger partial charge in [-0.25, -0.2) is 18.4 Å². The van der Waals surface area contributed by atoms with Gasteiger partial charge in [0.2, 0.25) is 0 Å². The molecule has 35 heavy (non-hydrogen) atoms. The van der Waals surface area contributed by atoms with Crippen LogP contribution in [0.15, 0.2) is 71.9 Å². The Bertz CT molecular complexity index is 1500. The Balaban J connectivity index is 1.73. The van der Waals surface area contributed by atoms with Crippen molar-refractivity contribution in [1.29, 1.82) is 0 Å². The zero-order chi connectivity index (χ0) is 25.2. The molecule has 0 aliphatic rings. The first-order valence-electron chi connectivity index (χ1n) is 10.3. The van der Waals surface area contributed by atoms with Crippen molar-refractivity contribution in [2.45, 2.75) is 17.5 Å². The highest BCUT2D eigenvalue weighted by molar-refractivity contribution is 14.1. The van der Waals surface area contributed by atoms with E-state index < -0.39 is 21.6 Å². The molecule has 4 aromatic rings. The van der Waals surface area contributed by atoms with Crippen molar-refractivity contribution in [3.63, 3.8) is 0 Å². The highest BCUT2D eigenvalue weighted by Gasteiger charge is 2.33. The van der Waals surface area contributed by atoms with Crippen molar-refractivity contribution >= 4 is 54.9 Å². The molecule has 5 nitrogen and oxygen atoms in total. The number of para-hydroxylation sites is 1. The van der Waals surface area contributed by atoms with Crippen LogP contribution in [0.25, 0.3) is 22.2 Å². The van der Waals surface area contributed by atoms with E-state index in [2.05, 4.69) is 32.6 Å². The minimum absolute atomic E-state index is 0.0329. The van der Waals surface area contributed by atoms with Gasteiger partial charge in [0.25, 0.3) is 0 Å². The number of alkyl halides is 4. The second-order valence-electron chi connectivity index (χ2n) is 7.50. The third-order valence-electron chi connectivity index (χ3n) is 5.11. The minimum Gasteiger partial charge on any atom is -0.457 e. The molecule has 0 spiro atoms. The zero-order valence-electron chi connectivity index (χ0n) is 17.9. The molecule has 0 unspecified atom stereocenters. The van der Waals surface area contributed by atoms with Gasteiger partial charge < -0.3 is 4.74 Å². The number of hydrogen-bond acceptors (Lipinski definition) is 5. The number of halogens is 5. The summed E-state index contributed by atoms with van der Waals surface area (Å²) in [5, 5.41) is 0.439. The van der Waals surface area contributed by atoms with Crippen LogP contribution in [0, 0.1) is 0 Å². The predicted octanol–water partition coefficient (Wildman–Crippen LogP) is 7.36. The van der Waals surface area contributed by atoms with E-state index in [0.717, 1.165) is 16.8 Å². The molecular weight excluding hydrogens is 616 g/mol. The second-order valence-corrected chi connectivity index (χ2v) is 11.1. The summed E-state index contributed by atoms with van der Waals surface area (Å²) in [7, 11) is -3.45. The average Bonchev–Trinajstić information content (AvgIpc) is 2.83. The first-order chi connectivity index (χ1) is 16.6. The lowest BCUT2D eigenvalue weighted by atomic mass is 10.0. The van der Waals surface area contributed by atoms with Crippen LogP contribution in [-0.4, -0.2) is 28.6 Å². The van der Waals surface area contributed by atoms with Gasteiger partial charge in [-0.2, -0.15) is 13.2 Å². The summed E-state index contributed by atoms with van der Waals surface area (Å²) in [6.07, 6.45) is -2.99. The highest BCUT2D eigenvalue weighted by Crippen LogP contribution is 2.39. The van der Waals surface area contributed by atoms with Crippen LogP contribution in [0.2, 0.25) is 5.02 Å². The quantitative estimate of drug-likeness (QED) is 0.157. The number of rotatable bonds is 7. The first-order valence-corrected chi connectivity index (χ1v) is 13.8. The monoisotopic (exact) mass is 632 g/mol. The third-order valence-corrected chi connectivity index (χ3v) is 8.00. The van der Waals surface area contributed by atoms with E-state index in [9.17, 15) is 21.6 Å². The smallest absolute Gasteiger partial charge is 0.418 e. The SMILES string of the molecule is O=S(=O)(CCCI)c1cccc(Oc2ccc(Cl)c(-c3ncnc4c(C(F)(F)F)cccc34)c2)c1. The maximum atomic E-state index is 13.5. The fraction of sp³-hybridized carbons (Fsp3) is 0.167. The summed E-state index contributed by atoms with van der Waals surface area (Å²) in [4.78, 5) is 8.18. The van der Waals surface area contributed by atoms with Gasteiger partial charge in [0.05, 0.1) is 32.4 Å². The van der Waals surface area contributed by atoms with Crippen molar-refractivity contribution in [3.05, 3.63) is 77.6 Å². The van der Waals surface area contributed by atoms with Gasteiger partial charge in [-0.05, 0) is 48.9 Å². The van der Waals surface area contributed by atoms with Gasteiger partial charge in [-0.1, -0.05) is 52.4 Å². The number of sulfone groups is 1. The van der Waals surface area contributed by atoms with Gasteiger partial charge >= 0.3 is 6.18 Å². The largest absolute Gasteiger partial charge is 0.457 e. The van der Waals surface area contributed by atoms with Gasteiger partial charge in [0, 0.05) is 15.4 Å². The van der Waals surface area contributed by atoms with Gasteiger partial charge in [-0.15, -0.1) is 0 Å². The lowest BCUT2D eigenvalue weighted by Crippen LogP contribution is -2.07. The lowest BCUT2D eigenvalue weighted by Gasteiger charge is -2.13. The predicted molar refractivity (Wildman–Crippen MR) is 137 cm³/mol. The molecule has 0 radical (unpaired) electrons. The van der Waals surface area contributed by atoms with Crippen molar-refractivity contribution < 1.29 is 26.3 Å². The zero-order valence-corrected chi connectivity index (χ0v) is 21.6. The van der Waals surface area contributed by atoms with Crippen molar-refractivity contribution in [2.24, 2.45) is 0 Å². The van der Waals surface area contributed by atoms with Crippen LogP contribution < -0.4 is 4.74 Å². The Morgan fingerprint density at radius 2 is 1.71 bits per heavy atom. The number of aromatic nitrogens is 2. The molecule has 4 rings (SSSR count). The number of nitrogens with zero attached hydrogens (tertiary/aromatic N) is 2. The molecule has 3 aromatic carbocycles. The topological polar surface area (TPSA) is 69.2 Å². The number of hydrogen-bond donors (Lipinski definition) is 0. The van der Waals surface area contributed by atoms with Crippen LogP contribution in [-0.2, 0) is 16.0 Å². The van der Waals surface area contributed by atoms with Crippen molar-refractivity contribution in [2.75, 3.05) is 10.2 Å². The van der Waals surface area contributed by atoms with Crippen LogP contribution in [0.3, 0.4) is 0 Å². The molecule has 0 saturated carbocycles. The maximum Gasteiger partial charge on any atom is 0.418 e. The first kappa shape index (κ1) is 25.6. The number of ether oxygens (including phenoxy) is 1. The Morgan fingerprint density at radius 3 is 2.46 bits per heavy atom. The molecule has 11 heteroatoms. The third kappa shape index (κ3) is 5.70. The second kappa shape index (κ2) is 10.3. The summed E-state index contributed by atoms with van der Waals surface area (Å²) in [6.45, 7) is 0. The van der Waals surface area contributed by atoms with Crippen LogP contribution in [0.1, 0.15) is 12.0 Å². The standard InChI is InChI=1S/C24H17ClF3IN2O3S/c25-21-9-8-16(34-15-4-1-5-17(12-15)35(32,33)11-3-10-29)13-19(21)22-18-6-2-7-20(24(26,27)28)23(18)31-14-30-22/h1-2,4-9,12-14H,3,10-11H2. The van der Waals surface area contributed by atoms with E-state index >= 15 is 0 Å². The van der Waals surface area contributed by atoms with E-state index in [1.165, 1.54) is 30.3 Å². The van der Waals surface area contributed by atoms with Crippen LogP contribution in [0.5, 0.6) is 11.5 Å². The Morgan fingerprint density at radius 1 is 0.971 bits per heavy atom. The Labute approximate surface area is 218 Å². The van der Waals surface area contributed by atoms with E-state index in [4.69, 9.17) is 16.3 Å². The van der Waals surface area contributed by atoms with E-state index in [1.54, 1.807) is 24.3 Å². The fourth-order valence-corrected chi connectivity index (χ4v) is 5.96. The lowest BCUT2D eigenvalue weighted by molar-refractivity contribution is -0.136. The summed E-state index contributed by atoms with van der Waals surface area (Å²) in [5.74, 6) is 0.635. The summed E-state index contributed by atoms with van der Waals surface area (Å²) in [5.41, 5.74) is -0.548. The van der Waals surface area contributed by atoms with Gasteiger partial charge in [0.15, 0.2) is 9.84 Å². The average molecular weight is 633 g/mol. The molecule has 1 aromatic heterocycles. The van der Waals surface area contributed by atoms with Crippen molar-refractivity contribution in [3.8, 4) is 22.8 Å². The van der Waals surface area contributed by atoms with Crippen molar-refractivity contribution in [1.82, 2.24) is 9.97 Å². The molecule has 1 heterocycles. The fourth-order valence-electron chi connectivity index (χ4n) is 3.51. The summed E-state index contributed by atoms with van der Waals surface area (Å²) < 4.78 is 72.1. The van der Waals surface area contributed by atoms with E-state index in [0.29, 0.717) is 23.5 Å². The molecule has 0 saturated heterocycles. The van der Waals surface area contributed by atoms with Gasteiger partial charge in [0.1, 0.15) is 17.8 Å². The molecule has 182 valence electrons. The molecule has 0 fully saturated rings. The number of fused-ring (bicyclic) bond motifs is 1. The van der Waals surface area contributed by atoms with Crippen LogP contribution in [0.4, 0.5) is 13.2 Å². The normalized spacial score (nSPS) is 12.1. The maximum absolute atomic E-state index is 13.5. The van der Waals surface area contributed by atoms with E-state index in [1.807, 2.05) is 0 Å². The molecule has 0 aliphatic carbocycles. The molecule has 0 atom stereocenters. The Hall–Kier alpha value is -2.44. The minimum atomic E-state index is -4.58. The molecule has 0 bridgehead atoms.